The molecule has 0 spiro atoms. The van der Waals surface area contributed by atoms with E-state index in [1.54, 1.807) is 0 Å². The molecule has 0 radical (unpaired) electrons. The van der Waals surface area contributed by atoms with Crippen LogP contribution in [0.15, 0.2) is 0 Å². The van der Waals surface area contributed by atoms with Crippen molar-refractivity contribution in [1.82, 2.24) is 0 Å². The van der Waals surface area contributed by atoms with Gasteiger partial charge >= 0.3 is 5.97 Å². The molecule has 0 aromatic carbocycles. The molecule has 3 heteroatoms. The fourth-order valence-electron chi connectivity index (χ4n) is 0.958. The number of ether oxygens (including phenoxy) is 1. The fourth-order valence-corrected chi connectivity index (χ4v) is 1.49. The first kappa shape index (κ1) is 11.0. The van der Waals surface area contributed by atoms with Crippen molar-refractivity contribution in [3.05, 3.63) is 0 Å². The van der Waals surface area contributed by atoms with Crippen LogP contribution in [0.4, 0.5) is 0 Å². The number of hydrogen-bond acceptors (Lipinski definition) is 2. The molecule has 0 aliphatic rings. The molecule has 0 aliphatic carbocycles. The Morgan fingerprint density at radius 2 is 2.09 bits per heavy atom. The van der Waals surface area contributed by atoms with Gasteiger partial charge in [-0.15, -0.1) is 0 Å². The molecule has 0 aliphatic heterocycles. The van der Waals surface area contributed by atoms with E-state index >= 15 is 0 Å². The number of carbonyl (C=O) groups is 1. The van der Waals surface area contributed by atoms with Gasteiger partial charge in [-0.3, -0.25) is 4.79 Å². The molecule has 2 nitrogen and oxygen atoms in total. The van der Waals surface area contributed by atoms with Crippen LogP contribution in [0.25, 0.3) is 0 Å². The maximum Gasteiger partial charge on any atom is 0.309 e. The summed E-state index contributed by atoms with van der Waals surface area (Å²) in [5.74, 6) is 0.437. The van der Waals surface area contributed by atoms with Gasteiger partial charge in [-0.2, -0.15) is 0 Å². The molecular formula is C8H15BrO2. The van der Waals surface area contributed by atoms with E-state index in [4.69, 9.17) is 0 Å². The summed E-state index contributed by atoms with van der Waals surface area (Å²) >= 11 is 3.28. The molecule has 0 bridgehead atoms. The van der Waals surface area contributed by atoms with E-state index in [2.05, 4.69) is 34.5 Å². The standard InChI is InChI=1S/C8H15BrO2/c1-6(2)4-7(5-9)8(10)11-3/h6-7H,4-5H2,1-3H3/t7-/m0/s1. The molecule has 0 N–H and O–H groups in total. The highest BCUT2D eigenvalue weighted by Gasteiger charge is 2.18. The van der Waals surface area contributed by atoms with Crippen LogP contribution in [0, 0.1) is 11.8 Å². The summed E-state index contributed by atoms with van der Waals surface area (Å²) < 4.78 is 4.64. The first-order valence-electron chi connectivity index (χ1n) is 3.75. The highest BCUT2D eigenvalue weighted by molar-refractivity contribution is 9.09. The zero-order valence-corrected chi connectivity index (χ0v) is 8.85. The Kier molecular flexibility index (Phi) is 5.56. The number of alkyl halides is 1. The van der Waals surface area contributed by atoms with Crippen molar-refractivity contribution in [1.29, 1.82) is 0 Å². The fraction of sp³-hybridized carbons (Fsp3) is 0.875. The molecule has 0 amide bonds. The summed E-state index contributed by atoms with van der Waals surface area (Å²) in [5, 5.41) is 0.692. The average Bonchev–Trinajstić information content (AvgIpc) is 1.98. The third-order valence-corrected chi connectivity index (χ3v) is 2.26. The summed E-state index contributed by atoms with van der Waals surface area (Å²) in [4.78, 5) is 11.0. The molecule has 0 heterocycles. The van der Waals surface area contributed by atoms with Gasteiger partial charge < -0.3 is 4.74 Å². The minimum atomic E-state index is -0.115. The van der Waals surface area contributed by atoms with Crippen molar-refractivity contribution in [3.8, 4) is 0 Å². The number of hydrogen-bond donors (Lipinski definition) is 0. The van der Waals surface area contributed by atoms with Crippen molar-refractivity contribution in [2.24, 2.45) is 11.8 Å². The van der Waals surface area contributed by atoms with E-state index in [9.17, 15) is 4.79 Å². The number of esters is 1. The maximum absolute atomic E-state index is 11.0. The largest absolute Gasteiger partial charge is 0.469 e. The highest BCUT2D eigenvalue weighted by Crippen LogP contribution is 2.15. The molecule has 0 aromatic rings. The number of carbonyl (C=O) groups excluding carboxylic acids is 1. The van der Waals surface area contributed by atoms with Crippen LogP contribution in [-0.2, 0) is 9.53 Å². The molecular weight excluding hydrogens is 208 g/mol. The molecule has 0 rings (SSSR count). The quantitative estimate of drug-likeness (QED) is 0.539. The van der Waals surface area contributed by atoms with Crippen molar-refractivity contribution in [2.45, 2.75) is 20.3 Å². The Morgan fingerprint density at radius 1 is 1.55 bits per heavy atom. The predicted molar refractivity (Wildman–Crippen MR) is 48.8 cm³/mol. The van der Waals surface area contributed by atoms with Gasteiger partial charge in [-0.1, -0.05) is 29.8 Å². The second-order valence-corrected chi connectivity index (χ2v) is 3.65. The van der Waals surface area contributed by atoms with Gasteiger partial charge in [0.05, 0.1) is 13.0 Å². The minimum Gasteiger partial charge on any atom is -0.469 e. The van der Waals surface area contributed by atoms with Crippen molar-refractivity contribution in [2.75, 3.05) is 12.4 Å². The van der Waals surface area contributed by atoms with Gasteiger partial charge in [0.1, 0.15) is 0 Å². The van der Waals surface area contributed by atoms with Gasteiger partial charge in [-0.05, 0) is 12.3 Å². The summed E-state index contributed by atoms with van der Waals surface area (Å²) in [6.07, 6.45) is 0.887. The van der Waals surface area contributed by atoms with Crippen LogP contribution in [-0.4, -0.2) is 18.4 Å². The molecule has 1 atom stereocenters. The topological polar surface area (TPSA) is 26.3 Å². The van der Waals surface area contributed by atoms with E-state index in [-0.39, 0.29) is 11.9 Å². The molecule has 0 aromatic heterocycles. The zero-order chi connectivity index (χ0) is 8.85. The van der Waals surface area contributed by atoms with Crippen LogP contribution in [0.3, 0.4) is 0 Å². The lowest BCUT2D eigenvalue weighted by atomic mass is 9.99. The molecule has 66 valence electrons. The van der Waals surface area contributed by atoms with Crippen LogP contribution in [0.5, 0.6) is 0 Å². The number of halogens is 1. The van der Waals surface area contributed by atoms with E-state index in [1.165, 1.54) is 7.11 Å². The Labute approximate surface area is 76.4 Å². The predicted octanol–water partition coefficient (Wildman–Crippen LogP) is 2.22. The number of methoxy groups -OCH3 is 1. The highest BCUT2D eigenvalue weighted by atomic mass is 79.9. The zero-order valence-electron chi connectivity index (χ0n) is 7.26. The molecule has 0 fully saturated rings. The summed E-state index contributed by atoms with van der Waals surface area (Å²) in [6.45, 7) is 4.19. The monoisotopic (exact) mass is 222 g/mol. The normalized spacial score (nSPS) is 13.2. The van der Waals surface area contributed by atoms with Crippen molar-refractivity contribution < 1.29 is 9.53 Å². The lowest BCUT2D eigenvalue weighted by molar-refractivity contribution is -0.145. The van der Waals surface area contributed by atoms with Crippen LogP contribution in [0.1, 0.15) is 20.3 Å². The first-order valence-corrected chi connectivity index (χ1v) is 4.87. The first-order chi connectivity index (χ1) is 5.11. The van der Waals surface area contributed by atoms with E-state index in [0.29, 0.717) is 11.2 Å². The van der Waals surface area contributed by atoms with Crippen molar-refractivity contribution in [3.63, 3.8) is 0 Å². The van der Waals surface area contributed by atoms with Gasteiger partial charge in [-0.25, -0.2) is 0 Å². The second-order valence-electron chi connectivity index (χ2n) is 3.00. The Bertz CT molecular complexity index is 123. The SMILES string of the molecule is COC(=O)[C@H](CBr)CC(C)C. The minimum absolute atomic E-state index is 0.0139. The molecule has 0 saturated carbocycles. The van der Waals surface area contributed by atoms with Gasteiger partial charge in [0, 0.05) is 5.33 Å². The van der Waals surface area contributed by atoms with Crippen LogP contribution < -0.4 is 0 Å². The third-order valence-electron chi connectivity index (χ3n) is 1.48. The lowest BCUT2D eigenvalue weighted by Gasteiger charge is -2.13. The smallest absolute Gasteiger partial charge is 0.309 e. The number of rotatable bonds is 4. The lowest BCUT2D eigenvalue weighted by Crippen LogP contribution is -2.19. The van der Waals surface area contributed by atoms with Crippen LogP contribution in [0.2, 0.25) is 0 Å². The van der Waals surface area contributed by atoms with Crippen molar-refractivity contribution >= 4 is 21.9 Å². The molecule has 0 saturated heterocycles. The Morgan fingerprint density at radius 3 is 2.36 bits per heavy atom. The van der Waals surface area contributed by atoms with E-state index in [1.807, 2.05) is 0 Å². The van der Waals surface area contributed by atoms with Crippen LogP contribution >= 0.6 is 15.9 Å². The van der Waals surface area contributed by atoms with E-state index in [0.717, 1.165) is 6.42 Å². The second kappa shape index (κ2) is 5.58. The molecule has 0 unspecified atom stereocenters. The van der Waals surface area contributed by atoms with E-state index < -0.39 is 0 Å². The Balaban J connectivity index is 3.84. The van der Waals surface area contributed by atoms with Gasteiger partial charge in [0.2, 0.25) is 0 Å². The molecule has 11 heavy (non-hydrogen) atoms. The maximum atomic E-state index is 11.0. The Hall–Kier alpha value is -0.0500. The van der Waals surface area contributed by atoms with Gasteiger partial charge in [0.15, 0.2) is 0 Å². The summed E-state index contributed by atoms with van der Waals surface area (Å²) in [7, 11) is 1.43. The summed E-state index contributed by atoms with van der Waals surface area (Å²) in [6, 6.07) is 0. The van der Waals surface area contributed by atoms with Gasteiger partial charge in [0.25, 0.3) is 0 Å². The average molecular weight is 223 g/mol. The summed E-state index contributed by atoms with van der Waals surface area (Å²) in [5.41, 5.74) is 0. The third kappa shape index (κ3) is 4.40.